The SMILES string of the molecule is CC(C)NC(=O)CCNc1ccccc1. The lowest BCUT2D eigenvalue weighted by molar-refractivity contribution is -0.121. The van der Waals surface area contributed by atoms with Crippen LogP contribution in [0.5, 0.6) is 0 Å². The highest BCUT2D eigenvalue weighted by Gasteiger charge is 2.01. The van der Waals surface area contributed by atoms with Gasteiger partial charge in [0.05, 0.1) is 0 Å². The maximum atomic E-state index is 11.3. The van der Waals surface area contributed by atoms with Crippen LogP contribution in [0.25, 0.3) is 0 Å². The Labute approximate surface area is 90.9 Å². The van der Waals surface area contributed by atoms with E-state index in [-0.39, 0.29) is 11.9 Å². The Morgan fingerprint density at radius 3 is 2.53 bits per heavy atom. The van der Waals surface area contributed by atoms with E-state index in [9.17, 15) is 4.79 Å². The van der Waals surface area contributed by atoms with Crippen molar-refractivity contribution in [3.05, 3.63) is 30.3 Å². The van der Waals surface area contributed by atoms with Crippen molar-refractivity contribution in [1.82, 2.24) is 5.32 Å². The monoisotopic (exact) mass is 206 g/mol. The molecule has 0 aliphatic heterocycles. The number of para-hydroxylation sites is 1. The largest absolute Gasteiger partial charge is 0.385 e. The van der Waals surface area contributed by atoms with Crippen molar-refractivity contribution in [3.63, 3.8) is 0 Å². The van der Waals surface area contributed by atoms with Gasteiger partial charge in [-0.3, -0.25) is 4.79 Å². The Bertz CT molecular complexity index is 296. The van der Waals surface area contributed by atoms with Crippen LogP contribution in [0.3, 0.4) is 0 Å². The van der Waals surface area contributed by atoms with Gasteiger partial charge in [-0.1, -0.05) is 18.2 Å². The maximum absolute atomic E-state index is 11.3. The van der Waals surface area contributed by atoms with E-state index < -0.39 is 0 Å². The summed E-state index contributed by atoms with van der Waals surface area (Å²) in [6, 6.07) is 10.1. The van der Waals surface area contributed by atoms with Gasteiger partial charge in [-0.2, -0.15) is 0 Å². The average Bonchev–Trinajstić information content (AvgIpc) is 2.18. The smallest absolute Gasteiger partial charge is 0.221 e. The first-order valence-corrected chi connectivity index (χ1v) is 5.27. The summed E-state index contributed by atoms with van der Waals surface area (Å²) in [5.74, 6) is 0.0911. The number of carbonyl (C=O) groups excluding carboxylic acids is 1. The summed E-state index contributed by atoms with van der Waals surface area (Å²) in [7, 11) is 0. The summed E-state index contributed by atoms with van der Waals surface area (Å²) in [4.78, 5) is 11.3. The molecule has 0 saturated carbocycles. The number of carbonyl (C=O) groups is 1. The summed E-state index contributed by atoms with van der Waals surface area (Å²) < 4.78 is 0. The van der Waals surface area contributed by atoms with Crippen LogP contribution in [0.2, 0.25) is 0 Å². The molecule has 0 aliphatic rings. The first-order valence-electron chi connectivity index (χ1n) is 5.27. The van der Waals surface area contributed by atoms with Gasteiger partial charge in [-0.05, 0) is 26.0 Å². The van der Waals surface area contributed by atoms with Gasteiger partial charge >= 0.3 is 0 Å². The molecule has 82 valence electrons. The lowest BCUT2D eigenvalue weighted by Gasteiger charge is -2.09. The van der Waals surface area contributed by atoms with Crippen LogP contribution in [0, 0.1) is 0 Å². The predicted octanol–water partition coefficient (Wildman–Crippen LogP) is 2.01. The van der Waals surface area contributed by atoms with E-state index in [4.69, 9.17) is 0 Å². The lowest BCUT2D eigenvalue weighted by Crippen LogP contribution is -2.31. The van der Waals surface area contributed by atoms with Gasteiger partial charge in [-0.25, -0.2) is 0 Å². The van der Waals surface area contributed by atoms with E-state index in [0.717, 1.165) is 5.69 Å². The number of hydrogen-bond donors (Lipinski definition) is 2. The van der Waals surface area contributed by atoms with Crippen LogP contribution >= 0.6 is 0 Å². The molecule has 1 aromatic carbocycles. The van der Waals surface area contributed by atoms with Crippen LogP contribution in [0.4, 0.5) is 5.69 Å². The van der Waals surface area contributed by atoms with Crippen molar-refractivity contribution in [2.75, 3.05) is 11.9 Å². The molecule has 0 unspecified atom stereocenters. The van der Waals surface area contributed by atoms with Gasteiger partial charge in [0.2, 0.25) is 5.91 Å². The first-order chi connectivity index (χ1) is 7.18. The second-order valence-corrected chi connectivity index (χ2v) is 3.77. The van der Waals surface area contributed by atoms with E-state index in [2.05, 4.69) is 10.6 Å². The van der Waals surface area contributed by atoms with Crippen LogP contribution in [0.1, 0.15) is 20.3 Å². The topological polar surface area (TPSA) is 41.1 Å². The van der Waals surface area contributed by atoms with Gasteiger partial charge in [0, 0.05) is 24.7 Å². The molecule has 0 saturated heterocycles. The maximum Gasteiger partial charge on any atom is 0.221 e. The summed E-state index contributed by atoms with van der Waals surface area (Å²) >= 11 is 0. The highest BCUT2D eigenvalue weighted by atomic mass is 16.1. The number of nitrogens with one attached hydrogen (secondary N) is 2. The number of anilines is 1. The van der Waals surface area contributed by atoms with Crippen molar-refractivity contribution < 1.29 is 4.79 Å². The third-order valence-electron chi connectivity index (χ3n) is 1.90. The van der Waals surface area contributed by atoms with Gasteiger partial charge < -0.3 is 10.6 Å². The second-order valence-electron chi connectivity index (χ2n) is 3.77. The van der Waals surface area contributed by atoms with Crippen molar-refractivity contribution in [1.29, 1.82) is 0 Å². The Hall–Kier alpha value is -1.51. The molecule has 1 amide bonds. The summed E-state index contributed by atoms with van der Waals surface area (Å²) in [6.07, 6.45) is 0.507. The first kappa shape index (κ1) is 11.6. The fourth-order valence-corrected chi connectivity index (χ4v) is 1.27. The molecule has 15 heavy (non-hydrogen) atoms. The zero-order valence-corrected chi connectivity index (χ0v) is 9.29. The molecule has 0 aliphatic carbocycles. The quantitative estimate of drug-likeness (QED) is 0.773. The molecule has 1 aromatic rings. The molecule has 1 rings (SSSR count). The number of hydrogen-bond acceptors (Lipinski definition) is 2. The van der Waals surface area contributed by atoms with Gasteiger partial charge in [0.1, 0.15) is 0 Å². The van der Waals surface area contributed by atoms with E-state index in [0.29, 0.717) is 13.0 Å². The van der Waals surface area contributed by atoms with Crippen LogP contribution in [-0.4, -0.2) is 18.5 Å². The molecule has 0 fully saturated rings. The van der Waals surface area contributed by atoms with Crippen molar-refractivity contribution in [2.24, 2.45) is 0 Å². The molecular formula is C12H18N2O. The Balaban J connectivity index is 2.19. The standard InChI is InChI=1S/C12H18N2O/c1-10(2)14-12(15)8-9-13-11-6-4-3-5-7-11/h3-7,10,13H,8-9H2,1-2H3,(H,14,15). The van der Waals surface area contributed by atoms with E-state index >= 15 is 0 Å². The van der Waals surface area contributed by atoms with Gasteiger partial charge in [0.25, 0.3) is 0 Å². The molecule has 0 bridgehead atoms. The third kappa shape index (κ3) is 5.05. The van der Waals surface area contributed by atoms with Crippen LogP contribution in [-0.2, 0) is 4.79 Å². The van der Waals surface area contributed by atoms with Crippen LogP contribution < -0.4 is 10.6 Å². The molecule has 0 spiro atoms. The molecule has 0 heterocycles. The minimum absolute atomic E-state index is 0.0911. The summed E-state index contributed by atoms with van der Waals surface area (Å²) in [6.45, 7) is 4.59. The number of rotatable bonds is 5. The molecular weight excluding hydrogens is 188 g/mol. The average molecular weight is 206 g/mol. The van der Waals surface area contributed by atoms with Crippen LogP contribution in [0.15, 0.2) is 30.3 Å². The Morgan fingerprint density at radius 2 is 1.93 bits per heavy atom. The minimum Gasteiger partial charge on any atom is -0.385 e. The fraction of sp³-hybridized carbons (Fsp3) is 0.417. The zero-order chi connectivity index (χ0) is 11.1. The van der Waals surface area contributed by atoms with E-state index in [1.807, 2.05) is 44.2 Å². The molecule has 0 radical (unpaired) electrons. The molecule has 3 nitrogen and oxygen atoms in total. The van der Waals surface area contributed by atoms with E-state index in [1.165, 1.54) is 0 Å². The summed E-state index contributed by atoms with van der Waals surface area (Å²) in [5, 5.41) is 6.04. The molecule has 0 aromatic heterocycles. The predicted molar refractivity (Wildman–Crippen MR) is 62.8 cm³/mol. The normalized spacial score (nSPS) is 10.1. The lowest BCUT2D eigenvalue weighted by atomic mass is 10.3. The minimum atomic E-state index is 0.0911. The number of benzene rings is 1. The zero-order valence-electron chi connectivity index (χ0n) is 9.29. The highest BCUT2D eigenvalue weighted by Crippen LogP contribution is 2.04. The van der Waals surface area contributed by atoms with Gasteiger partial charge in [0.15, 0.2) is 0 Å². The highest BCUT2D eigenvalue weighted by molar-refractivity contribution is 5.76. The second kappa shape index (κ2) is 6.06. The molecule has 0 atom stereocenters. The summed E-state index contributed by atoms with van der Waals surface area (Å²) in [5.41, 5.74) is 1.05. The number of amides is 1. The molecule has 2 N–H and O–H groups in total. The third-order valence-corrected chi connectivity index (χ3v) is 1.90. The van der Waals surface area contributed by atoms with Crippen molar-refractivity contribution in [3.8, 4) is 0 Å². The van der Waals surface area contributed by atoms with E-state index in [1.54, 1.807) is 0 Å². The van der Waals surface area contributed by atoms with Crippen molar-refractivity contribution >= 4 is 11.6 Å². The van der Waals surface area contributed by atoms with Gasteiger partial charge in [-0.15, -0.1) is 0 Å². The Morgan fingerprint density at radius 1 is 1.27 bits per heavy atom. The fourth-order valence-electron chi connectivity index (χ4n) is 1.27. The van der Waals surface area contributed by atoms with Crippen molar-refractivity contribution in [2.45, 2.75) is 26.3 Å². The molecule has 3 heteroatoms. The Kier molecular flexibility index (Phi) is 4.68.